The minimum absolute atomic E-state index is 0.0860. The molecule has 0 unspecified atom stereocenters. The summed E-state index contributed by atoms with van der Waals surface area (Å²) >= 11 is 0. The van der Waals surface area contributed by atoms with E-state index in [0.717, 1.165) is 32.1 Å². The van der Waals surface area contributed by atoms with Gasteiger partial charge in [-0.15, -0.1) is 0 Å². The lowest BCUT2D eigenvalue weighted by atomic mass is 10.1. The second-order valence-electron chi connectivity index (χ2n) is 6.99. The molecule has 1 aromatic heterocycles. The zero-order valence-electron chi connectivity index (χ0n) is 15.1. The summed E-state index contributed by atoms with van der Waals surface area (Å²) in [5.41, 5.74) is 0.443. The van der Waals surface area contributed by atoms with Gasteiger partial charge >= 0.3 is 0 Å². The van der Waals surface area contributed by atoms with Crippen LogP contribution in [0.25, 0.3) is 0 Å². The molecule has 0 saturated carbocycles. The zero-order chi connectivity index (χ0) is 18.0. The van der Waals surface area contributed by atoms with Gasteiger partial charge < -0.3 is 14.8 Å². The Morgan fingerprint density at radius 1 is 1.12 bits per heavy atom. The maximum absolute atomic E-state index is 12.8. The van der Waals surface area contributed by atoms with Gasteiger partial charge in [-0.3, -0.25) is 4.79 Å². The molecule has 2 saturated heterocycles. The average molecular weight is 369 g/mol. The van der Waals surface area contributed by atoms with E-state index in [2.05, 4.69) is 5.32 Å². The lowest BCUT2D eigenvalue weighted by Crippen LogP contribution is -2.44. The topological polar surface area (TPSA) is 74.7 Å². The van der Waals surface area contributed by atoms with Crippen LogP contribution in [-0.4, -0.2) is 67.4 Å². The number of sulfonamides is 1. The van der Waals surface area contributed by atoms with Gasteiger partial charge in [-0.25, -0.2) is 8.42 Å². The average Bonchev–Trinajstić information content (AvgIpc) is 3.04. The second-order valence-corrected chi connectivity index (χ2v) is 8.93. The van der Waals surface area contributed by atoms with Crippen LogP contribution in [0, 0.1) is 0 Å². The summed E-state index contributed by atoms with van der Waals surface area (Å²) < 4.78 is 28.8. The SMILES string of the molecule is CNC1CCN(C(=O)c2cc(S(=O)(=O)N3CCCCC3)cn2C)CC1. The number of aryl methyl sites for hydroxylation is 1. The van der Waals surface area contributed by atoms with E-state index in [1.54, 1.807) is 22.1 Å². The van der Waals surface area contributed by atoms with Gasteiger partial charge in [-0.1, -0.05) is 6.42 Å². The highest BCUT2D eigenvalue weighted by Gasteiger charge is 2.30. The van der Waals surface area contributed by atoms with Crippen LogP contribution < -0.4 is 5.32 Å². The number of piperidine rings is 2. The third-order valence-electron chi connectivity index (χ3n) is 5.34. The van der Waals surface area contributed by atoms with Crippen LogP contribution in [0.15, 0.2) is 17.2 Å². The van der Waals surface area contributed by atoms with Gasteiger partial charge in [0, 0.05) is 45.5 Å². The maximum atomic E-state index is 12.8. The quantitative estimate of drug-likeness (QED) is 0.861. The monoisotopic (exact) mass is 368 g/mol. The van der Waals surface area contributed by atoms with Gasteiger partial charge in [0.2, 0.25) is 10.0 Å². The number of hydrogen-bond donors (Lipinski definition) is 1. The molecule has 0 aromatic carbocycles. The van der Waals surface area contributed by atoms with E-state index in [-0.39, 0.29) is 10.8 Å². The van der Waals surface area contributed by atoms with Crippen LogP contribution in [0.1, 0.15) is 42.6 Å². The third-order valence-corrected chi connectivity index (χ3v) is 7.21. The van der Waals surface area contributed by atoms with E-state index < -0.39 is 10.0 Å². The molecule has 8 heteroatoms. The van der Waals surface area contributed by atoms with E-state index in [4.69, 9.17) is 0 Å². The molecule has 2 aliphatic rings. The smallest absolute Gasteiger partial charge is 0.270 e. The summed E-state index contributed by atoms with van der Waals surface area (Å²) in [6, 6.07) is 1.99. The summed E-state index contributed by atoms with van der Waals surface area (Å²) in [4.78, 5) is 14.9. The molecule has 0 atom stereocenters. The first-order valence-corrected chi connectivity index (χ1v) is 10.5. The number of aromatic nitrogens is 1. The molecular formula is C17H28N4O3S. The molecular weight excluding hydrogens is 340 g/mol. The third kappa shape index (κ3) is 3.75. The van der Waals surface area contributed by atoms with Crippen molar-refractivity contribution in [2.75, 3.05) is 33.2 Å². The van der Waals surface area contributed by atoms with Gasteiger partial charge in [0.25, 0.3) is 5.91 Å². The molecule has 0 radical (unpaired) electrons. The fourth-order valence-electron chi connectivity index (χ4n) is 3.68. The first-order chi connectivity index (χ1) is 11.9. The maximum Gasteiger partial charge on any atom is 0.270 e. The molecule has 1 N–H and O–H groups in total. The second kappa shape index (κ2) is 7.47. The van der Waals surface area contributed by atoms with Crippen molar-refractivity contribution in [3.63, 3.8) is 0 Å². The number of carbonyl (C=O) groups is 1. The zero-order valence-corrected chi connectivity index (χ0v) is 15.9. The van der Waals surface area contributed by atoms with E-state index in [0.29, 0.717) is 37.9 Å². The molecule has 2 aliphatic heterocycles. The van der Waals surface area contributed by atoms with E-state index in [1.165, 1.54) is 6.07 Å². The van der Waals surface area contributed by atoms with Crippen LogP contribution in [0.4, 0.5) is 0 Å². The highest BCUT2D eigenvalue weighted by Crippen LogP contribution is 2.23. The number of nitrogens with one attached hydrogen (secondary N) is 1. The number of rotatable bonds is 4. The molecule has 25 heavy (non-hydrogen) atoms. The van der Waals surface area contributed by atoms with E-state index >= 15 is 0 Å². The Morgan fingerprint density at radius 3 is 2.36 bits per heavy atom. The molecule has 0 aliphatic carbocycles. The number of carbonyl (C=O) groups excluding carboxylic acids is 1. The minimum Gasteiger partial charge on any atom is -0.345 e. The molecule has 2 fully saturated rings. The Labute approximate surface area is 150 Å². The summed E-state index contributed by atoms with van der Waals surface area (Å²) in [6.07, 6.45) is 6.29. The van der Waals surface area contributed by atoms with Gasteiger partial charge in [0.05, 0.1) is 0 Å². The lowest BCUT2D eigenvalue weighted by molar-refractivity contribution is 0.0697. The first-order valence-electron chi connectivity index (χ1n) is 9.06. The number of hydrogen-bond acceptors (Lipinski definition) is 4. The van der Waals surface area contributed by atoms with Crippen molar-refractivity contribution < 1.29 is 13.2 Å². The lowest BCUT2D eigenvalue weighted by Gasteiger charge is -2.31. The fourth-order valence-corrected chi connectivity index (χ4v) is 5.26. The number of nitrogens with zero attached hydrogens (tertiary/aromatic N) is 3. The van der Waals surface area contributed by atoms with Crippen LogP contribution in [0.3, 0.4) is 0 Å². The van der Waals surface area contributed by atoms with Crippen molar-refractivity contribution in [3.05, 3.63) is 18.0 Å². The van der Waals surface area contributed by atoms with Gasteiger partial charge in [0.15, 0.2) is 0 Å². The Bertz CT molecular complexity index is 714. The molecule has 3 heterocycles. The largest absolute Gasteiger partial charge is 0.345 e. The Hall–Kier alpha value is -1.38. The highest BCUT2D eigenvalue weighted by molar-refractivity contribution is 7.89. The molecule has 7 nitrogen and oxygen atoms in total. The Morgan fingerprint density at radius 2 is 1.76 bits per heavy atom. The summed E-state index contributed by atoms with van der Waals surface area (Å²) in [6.45, 7) is 2.53. The van der Waals surface area contributed by atoms with E-state index in [9.17, 15) is 13.2 Å². The van der Waals surface area contributed by atoms with Gasteiger partial charge in [-0.2, -0.15) is 4.31 Å². The van der Waals surface area contributed by atoms with Crippen LogP contribution >= 0.6 is 0 Å². The van der Waals surface area contributed by atoms with Gasteiger partial charge in [0.1, 0.15) is 10.6 Å². The normalized spacial score (nSPS) is 20.8. The molecule has 1 amide bonds. The highest BCUT2D eigenvalue weighted by atomic mass is 32.2. The van der Waals surface area contributed by atoms with Crippen molar-refractivity contribution in [2.45, 2.75) is 43.0 Å². The van der Waals surface area contributed by atoms with Crippen LogP contribution in [0.5, 0.6) is 0 Å². The van der Waals surface area contributed by atoms with Crippen LogP contribution in [0.2, 0.25) is 0 Å². The van der Waals surface area contributed by atoms with Crippen molar-refractivity contribution in [2.24, 2.45) is 7.05 Å². The Balaban J connectivity index is 1.77. The fraction of sp³-hybridized carbons (Fsp3) is 0.706. The molecule has 0 bridgehead atoms. The Kier molecular flexibility index (Phi) is 5.50. The minimum atomic E-state index is -3.51. The summed E-state index contributed by atoms with van der Waals surface area (Å²) in [5, 5.41) is 3.25. The predicted octanol–water partition coefficient (Wildman–Crippen LogP) is 1.02. The standard InChI is InChI=1S/C17H28N4O3S/c1-18-14-6-10-20(11-7-14)17(22)16-12-15(13-19(16)2)25(23,24)21-8-4-3-5-9-21/h12-14,18H,3-11H2,1-2H3. The molecule has 140 valence electrons. The van der Waals surface area contributed by atoms with Crippen molar-refractivity contribution in [1.29, 1.82) is 0 Å². The number of likely N-dealkylation sites (tertiary alicyclic amines) is 1. The summed E-state index contributed by atoms with van der Waals surface area (Å²) in [7, 11) is 0.172. The molecule has 3 rings (SSSR count). The first kappa shape index (κ1) is 18.4. The molecule has 0 spiro atoms. The predicted molar refractivity (Wildman–Crippen MR) is 96.0 cm³/mol. The van der Waals surface area contributed by atoms with E-state index in [1.807, 2.05) is 11.9 Å². The van der Waals surface area contributed by atoms with Crippen LogP contribution in [-0.2, 0) is 17.1 Å². The van der Waals surface area contributed by atoms with Crippen molar-refractivity contribution in [3.8, 4) is 0 Å². The number of amides is 1. The summed E-state index contributed by atoms with van der Waals surface area (Å²) in [5.74, 6) is -0.0860. The van der Waals surface area contributed by atoms with Crippen molar-refractivity contribution in [1.82, 2.24) is 19.1 Å². The van der Waals surface area contributed by atoms with Crippen molar-refractivity contribution >= 4 is 15.9 Å². The molecule has 1 aromatic rings. The van der Waals surface area contributed by atoms with Gasteiger partial charge in [-0.05, 0) is 38.8 Å².